The van der Waals surface area contributed by atoms with Crippen molar-refractivity contribution >= 4 is 17.8 Å². The lowest BCUT2D eigenvalue weighted by Crippen LogP contribution is -2.44. The molecule has 1 heterocycles. The van der Waals surface area contributed by atoms with Crippen LogP contribution in [0.25, 0.3) is 0 Å². The van der Waals surface area contributed by atoms with E-state index in [9.17, 15) is 4.79 Å². The van der Waals surface area contributed by atoms with Gasteiger partial charge in [-0.1, -0.05) is 13.8 Å². The molecule has 0 aromatic heterocycles. The molecule has 0 saturated carbocycles. The molecule has 0 spiro atoms. The van der Waals surface area contributed by atoms with Crippen LogP contribution in [0.5, 0.6) is 0 Å². The average Bonchev–Trinajstić information content (AvgIpc) is 2.22. The monoisotopic (exact) mass is 259 g/mol. The van der Waals surface area contributed by atoms with Crippen LogP contribution in [0.15, 0.2) is 0 Å². The van der Waals surface area contributed by atoms with Crippen LogP contribution >= 0.6 is 11.8 Å². The molecule has 2 amide bonds. The summed E-state index contributed by atoms with van der Waals surface area (Å²) >= 11 is 2.02. The molecule has 1 aliphatic rings. The standard InChI is InChI=1S/C12H25N3OS/c1-12(2)7-10(8-17-9-12)13-5-6-14-11(16)15(3)4/h10,13H,5-9H2,1-4H3,(H,14,16). The van der Waals surface area contributed by atoms with Gasteiger partial charge in [0, 0.05) is 39.0 Å². The minimum Gasteiger partial charge on any atom is -0.337 e. The lowest BCUT2D eigenvalue weighted by atomic mass is 9.88. The molecule has 1 aliphatic heterocycles. The summed E-state index contributed by atoms with van der Waals surface area (Å²) in [5, 5.41) is 6.38. The number of carbonyl (C=O) groups is 1. The fraction of sp³-hybridized carbons (Fsp3) is 0.917. The lowest BCUT2D eigenvalue weighted by molar-refractivity contribution is 0.217. The summed E-state index contributed by atoms with van der Waals surface area (Å²) in [4.78, 5) is 12.8. The van der Waals surface area contributed by atoms with Crippen molar-refractivity contribution < 1.29 is 4.79 Å². The summed E-state index contributed by atoms with van der Waals surface area (Å²) in [6, 6.07) is 0.560. The van der Waals surface area contributed by atoms with Gasteiger partial charge in [-0.2, -0.15) is 11.8 Å². The van der Waals surface area contributed by atoms with Gasteiger partial charge in [-0.25, -0.2) is 4.79 Å². The van der Waals surface area contributed by atoms with Gasteiger partial charge in [-0.15, -0.1) is 0 Å². The molecule has 0 bridgehead atoms. The predicted octanol–water partition coefficient (Wildman–Crippen LogP) is 1.38. The third kappa shape index (κ3) is 5.64. The maximum Gasteiger partial charge on any atom is 0.316 e. The molecule has 0 aromatic carbocycles. The van der Waals surface area contributed by atoms with Gasteiger partial charge in [0.05, 0.1) is 0 Å². The summed E-state index contributed by atoms with van der Waals surface area (Å²) < 4.78 is 0. The van der Waals surface area contributed by atoms with E-state index < -0.39 is 0 Å². The summed E-state index contributed by atoms with van der Waals surface area (Å²) in [6.45, 7) is 6.18. The van der Waals surface area contributed by atoms with Crippen molar-refractivity contribution in [2.24, 2.45) is 5.41 Å². The maximum atomic E-state index is 11.3. The number of rotatable bonds is 4. The van der Waals surface area contributed by atoms with Crippen LogP contribution in [-0.4, -0.2) is 55.7 Å². The lowest BCUT2D eigenvalue weighted by Gasteiger charge is -2.35. The first-order chi connectivity index (χ1) is 7.91. The Morgan fingerprint density at radius 2 is 2.12 bits per heavy atom. The van der Waals surface area contributed by atoms with Gasteiger partial charge in [0.25, 0.3) is 0 Å². The molecule has 0 aliphatic carbocycles. The van der Waals surface area contributed by atoms with E-state index >= 15 is 0 Å². The number of hydrogen-bond acceptors (Lipinski definition) is 3. The van der Waals surface area contributed by atoms with Gasteiger partial charge in [0.2, 0.25) is 0 Å². The van der Waals surface area contributed by atoms with E-state index in [4.69, 9.17) is 0 Å². The van der Waals surface area contributed by atoms with Crippen LogP contribution in [-0.2, 0) is 0 Å². The summed E-state index contributed by atoms with van der Waals surface area (Å²) in [6.07, 6.45) is 1.22. The number of nitrogens with zero attached hydrogens (tertiary/aromatic N) is 1. The Morgan fingerprint density at radius 1 is 1.41 bits per heavy atom. The predicted molar refractivity (Wildman–Crippen MR) is 74.6 cm³/mol. The SMILES string of the molecule is CN(C)C(=O)NCCNC1CSCC(C)(C)C1. The van der Waals surface area contributed by atoms with Crippen molar-refractivity contribution in [3.8, 4) is 0 Å². The fourth-order valence-electron chi connectivity index (χ4n) is 2.00. The average molecular weight is 259 g/mol. The fourth-order valence-corrected chi connectivity index (χ4v) is 3.31. The largest absolute Gasteiger partial charge is 0.337 e. The number of nitrogens with one attached hydrogen (secondary N) is 2. The van der Waals surface area contributed by atoms with Gasteiger partial charge < -0.3 is 15.5 Å². The van der Waals surface area contributed by atoms with Gasteiger partial charge in [-0.05, 0) is 17.6 Å². The molecule has 1 rings (SSSR count). The van der Waals surface area contributed by atoms with Gasteiger partial charge in [0.1, 0.15) is 0 Å². The van der Waals surface area contributed by atoms with E-state index in [0.29, 0.717) is 18.0 Å². The Hall–Kier alpha value is -0.420. The highest BCUT2D eigenvalue weighted by atomic mass is 32.2. The molecular weight excluding hydrogens is 234 g/mol. The molecule has 1 saturated heterocycles. The number of amides is 2. The number of carbonyl (C=O) groups excluding carboxylic acids is 1. The topological polar surface area (TPSA) is 44.4 Å². The van der Waals surface area contributed by atoms with Crippen LogP contribution in [0, 0.1) is 5.41 Å². The first kappa shape index (κ1) is 14.6. The maximum absolute atomic E-state index is 11.3. The van der Waals surface area contributed by atoms with Crippen molar-refractivity contribution in [1.82, 2.24) is 15.5 Å². The van der Waals surface area contributed by atoms with E-state index in [1.165, 1.54) is 17.9 Å². The van der Waals surface area contributed by atoms with Crippen LogP contribution < -0.4 is 10.6 Å². The third-order valence-corrected chi connectivity index (χ3v) is 4.47. The Bertz CT molecular complexity index is 256. The highest BCUT2D eigenvalue weighted by molar-refractivity contribution is 7.99. The Morgan fingerprint density at radius 3 is 2.71 bits per heavy atom. The molecule has 4 nitrogen and oxygen atoms in total. The van der Waals surface area contributed by atoms with Crippen LogP contribution in [0.2, 0.25) is 0 Å². The van der Waals surface area contributed by atoms with E-state index in [1.807, 2.05) is 11.8 Å². The van der Waals surface area contributed by atoms with E-state index in [1.54, 1.807) is 19.0 Å². The van der Waals surface area contributed by atoms with Gasteiger partial charge in [0.15, 0.2) is 0 Å². The Kier molecular flexibility index (Phi) is 5.59. The molecule has 1 atom stereocenters. The summed E-state index contributed by atoms with van der Waals surface area (Å²) in [7, 11) is 3.51. The van der Waals surface area contributed by atoms with Gasteiger partial charge >= 0.3 is 6.03 Å². The van der Waals surface area contributed by atoms with Crippen molar-refractivity contribution in [3.05, 3.63) is 0 Å². The molecule has 17 heavy (non-hydrogen) atoms. The van der Waals surface area contributed by atoms with Crippen LogP contribution in [0.1, 0.15) is 20.3 Å². The molecule has 1 unspecified atom stereocenters. The molecule has 100 valence electrons. The minimum absolute atomic E-state index is 0.0230. The zero-order chi connectivity index (χ0) is 12.9. The number of thioether (sulfide) groups is 1. The van der Waals surface area contributed by atoms with Crippen molar-refractivity contribution in [3.63, 3.8) is 0 Å². The molecule has 1 fully saturated rings. The Labute approximate surface area is 109 Å². The van der Waals surface area contributed by atoms with Crippen molar-refractivity contribution in [1.29, 1.82) is 0 Å². The zero-order valence-corrected chi connectivity index (χ0v) is 12.2. The summed E-state index contributed by atoms with van der Waals surface area (Å²) in [5.74, 6) is 2.44. The normalized spacial score (nSPS) is 23.2. The number of hydrogen-bond donors (Lipinski definition) is 2. The van der Waals surface area contributed by atoms with Gasteiger partial charge in [-0.3, -0.25) is 0 Å². The molecular formula is C12H25N3OS. The van der Waals surface area contributed by atoms with E-state index in [-0.39, 0.29) is 6.03 Å². The first-order valence-electron chi connectivity index (χ1n) is 6.17. The number of urea groups is 1. The first-order valence-corrected chi connectivity index (χ1v) is 7.32. The molecule has 0 aromatic rings. The van der Waals surface area contributed by atoms with E-state index in [0.717, 1.165) is 6.54 Å². The second kappa shape index (κ2) is 6.50. The highest BCUT2D eigenvalue weighted by Gasteiger charge is 2.27. The zero-order valence-electron chi connectivity index (χ0n) is 11.4. The molecule has 0 radical (unpaired) electrons. The second-order valence-corrected chi connectivity index (χ2v) is 6.69. The quantitative estimate of drug-likeness (QED) is 0.750. The second-order valence-electron chi connectivity index (χ2n) is 5.66. The third-order valence-electron chi connectivity index (χ3n) is 2.85. The van der Waals surface area contributed by atoms with Crippen molar-refractivity contribution in [2.75, 3.05) is 38.7 Å². The Balaban J connectivity index is 2.12. The van der Waals surface area contributed by atoms with Crippen LogP contribution in [0.4, 0.5) is 4.79 Å². The molecule has 5 heteroatoms. The molecule has 2 N–H and O–H groups in total. The van der Waals surface area contributed by atoms with E-state index in [2.05, 4.69) is 24.5 Å². The summed E-state index contributed by atoms with van der Waals surface area (Å²) in [5.41, 5.74) is 0.438. The van der Waals surface area contributed by atoms with Crippen molar-refractivity contribution in [2.45, 2.75) is 26.3 Å². The minimum atomic E-state index is -0.0230. The van der Waals surface area contributed by atoms with Crippen LogP contribution in [0.3, 0.4) is 0 Å². The highest BCUT2D eigenvalue weighted by Crippen LogP contribution is 2.33. The smallest absolute Gasteiger partial charge is 0.316 e.